The molecule has 0 aliphatic heterocycles. The van der Waals surface area contributed by atoms with Crippen LogP contribution < -0.4 is 4.74 Å². The second-order valence-electron chi connectivity index (χ2n) is 5.85. The first kappa shape index (κ1) is 20.1. The highest BCUT2D eigenvalue weighted by Crippen LogP contribution is 2.20. The maximum absolute atomic E-state index is 13.9. The number of carbonyl (C=O) groups excluding carboxylic acids is 1. The standard InChI is InChI=1S/C19H22FNO2.ClH/c1-21(2)13-16(11-14-7-4-5-10-18(14)20)19(22)15-8-6-9-17(12-15)23-3;/h4-10,12,16H,11,13H2,1-3H3;1H/t16-;/m0./s1. The number of carbonyl (C=O) groups is 1. The summed E-state index contributed by atoms with van der Waals surface area (Å²) in [5, 5.41) is 0. The van der Waals surface area contributed by atoms with Crippen LogP contribution in [0.3, 0.4) is 0 Å². The van der Waals surface area contributed by atoms with Crippen molar-refractivity contribution in [2.75, 3.05) is 27.7 Å². The summed E-state index contributed by atoms with van der Waals surface area (Å²) in [5.41, 5.74) is 1.16. The van der Waals surface area contributed by atoms with Gasteiger partial charge in [-0.1, -0.05) is 30.3 Å². The van der Waals surface area contributed by atoms with Crippen molar-refractivity contribution in [1.29, 1.82) is 0 Å². The molecule has 2 rings (SSSR count). The van der Waals surface area contributed by atoms with Crippen molar-refractivity contribution >= 4 is 18.2 Å². The fourth-order valence-electron chi connectivity index (χ4n) is 2.62. The van der Waals surface area contributed by atoms with Gasteiger partial charge < -0.3 is 9.64 Å². The molecule has 0 amide bonds. The molecule has 3 nitrogen and oxygen atoms in total. The van der Waals surface area contributed by atoms with Gasteiger partial charge in [-0.05, 0) is 44.3 Å². The van der Waals surface area contributed by atoms with E-state index in [1.807, 2.05) is 19.0 Å². The van der Waals surface area contributed by atoms with Crippen LogP contribution in [0.2, 0.25) is 0 Å². The number of Topliss-reactive ketones (excluding diaryl/α,β-unsaturated/α-hetero) is 1. The molecule has 0 saturated carbocycles. The summed E-state index contributed by atoms with van der Waals surface area (Å²) < 4.78 is 19.1. The zero-order valence-corrected chi connectivity index (χ0v) is 15.0. The van der Waals surface area contributed by atoms with Crippen LogP contribution in [0.1, 0.15) is 15.9 Å². The zero-order chi connectivity index (χ0) is 16.8. The minimum absolute atomic E-state index is 0. The second-order valence-corrected chi connectivity index (χ2v) is 5.85. The third-order valence-electron chi connectivity index (χ3n) is 3.73. The van der Waals surface area contributed by atoms with Crippen molar-refractivity contribution in [2.45, 2.75) is 6.42 Å². The lowest BCUT2D eigenvalue weighted by molar-refractivity contribution is 0.0896. The minimum atomic E-state index is -0.311. The van der Waals surface area contributed by atoms with Crippen LogP contribution in [0.4, 0.5) is 4.39 Å². The summed E-state index contributed by atoms with van der Waals surface area (Å²) in [6, 6.07) is 13.7. The molecule has 0 aliphatic carbocycles. The Kier molecular flexibility index (Phi) is 7.89. The molecule has 0 saturated heterocycles. The first-order chi connectivity index (χ1) is 11.0. The Balaban J connectivity index is 0.00000288. The number of ketones is 1. The van der Waals surface area contributed by atoms with E-state index < -0.39 is 0 Å². The number of methoxy groups -OCH3 is 1. The Morgan fingerprint density at radius 2 is 1.88 bits per heavy atom. The molecular weight excluding hydrogens is 329 g/mol. The van der Waals surface area contributed by atoms with E-state index in [2.05, 4.69) is 0 Å². The van der Waals surface area contributed by atoms with E-state index in [1.165, 1.54) is 6.07 Å². The summed E-state index contributed by atoms with van der Waals surface area (Å²) in [4.78, 5) is 14.8. The molecule has 0 aliphatic rings. The molecule has 0 radical (unpaired) electrons. The zero-order valence-electron chi connectivity index (χ0n) is 14.2. The number of rotatable bonds is 7. The van der Waals surface area contributed by atoms with Crippen molar-refractivity contribution in [3.8, 4) is 5.75 Å². The monoisotopic (exact) mass is 351 g/mol. The third kappa shape index (κ3) is 5.32. The molecule has 5 heteroatoms. The number of hydrogen-bond donors (Lipinski definition) is 0. The summed E-state index contributed by atoms with van der Waals surface area (Å²) in [6.45, 7) is 0.560. The highest BCUT2D eigenvalue weighted by Gasteiger charge is 2.23. The van der Waals surface area contributed by atoms with Crippen LogP contribution in [0, 0.1) is 11.7 Å². The van der Waals surface area contributed by atoms with Gasteiger partial charge in [-0.2, -0.15) is 0 Å². The number of benzene rings is 2. The van der Waals surface area contributed by atoms with E-state index in [-0.39, 0.29) is 29.9 Å². The van der Waals surface area contributed by atoms with E-state index in [0.29, 0.717) is 29.8 Å². The van der Waals surface area contributed by atoms with Crippen molar-refractivity contribution < 1.29 is 13.9 Å². The summed E-state index contributed by atoms with van der Waals surface area (Å²) in [5.74, 6) is 0.0647. The highest BCUT2D eigenvalue weighted by molar-refractivity contribution is 5.98. The highest BCUT2D eigenvalue weighted by atomic mass is 35.5. The number of nitrogens with zero attached hydrogens (tertiary/aromatic N) is 1. The summed E-state index contributed by atoms with van der Waals surface area (Å²) in [6.07, 6.45) is 0.376. The van der Waals surface area contributed by atoms with E-state index in [0.717, 1.165) is 0 Å². The van der Waals surface area contributed by atoms with Crippen LogP contribution in [-0.4, -0.2) is 38.4 Å². The molecule has 1 atom stereocenters. The van der Waals surface area contributed by atoms with Gasteiger partial charge in [-0.15, -0.1) is 12.4 Å². The molecule has 130 valence electrons. The number of ether oxygens (including phenoxy) is 1. The molecule has 0 spiro atoms. The molecule has 24 heavy (non-hydrogen) atoms. The van der Waals surface area contributed by atoms with Crippen LogP contribution in [0.5, 0.6) is 5.75 Å². The average Bonchev–Trinajstić information content (AvgIpc) is 2.55. The Morgan fingerprint density at radius 1 is 1.17 bits per heavy atom. The number of hydrogen-bond acceptors (Lipinski definition) is 3. The largest absolute Gasteiger partial charge is 0.497 e. The maximum atomic E-state index is 13.9. The normalized spacial score (nSPS) is 11.7. The molecule has 2 aromatic rings. The van der Waals surface area contributed by atoms with E-state index >= 15 is 0 Å². The van der Waals surface area contributed by atoms with Gasteiger partial charge in [0.1, 0.15) is 11.6 Å². The Morgan fingerprint density at radius 3 is 2.50 bits per heavy atom. The van der Waals surface area contributed by atoms with E-state index in [4.69, 9.17) is 4.74 Å². The predicted molar refractivity (Wildman–Crippen MR) is 96.7 cm³/mol. The van der Waals surface area contributed by atoms with Crippen molar-refractivity contribution in [3.63, 3.8) is 0 Å². The van der Waals surface area contributed by atoms with Crippen molar-refractivity contribution in [3.05, 3.63) is 65.5 Å². The molecule has 0 unspecified atom stereocenters. The van der Waals surface area contributed by atoms with Crippen LogP contribution in [0.15, 0.2) is 48.5 Å². The average molecular weight is 352 g/mol. The Bertz CT molecular complexity index is 676. The van der Waals surface area contributed by atoms with Gasteiger partial charge in [0.15, 0.2) is 5.78 Å². The summed E-state index contributed by atoms with van der Waals surface area (Å²) >= 11 is 0. The SMILES string of the molecule is COc1cccc(C(=O)[C@@H](Cc2ccccc2F)CN(C)C)c1.Cl. The van der Waals surface area contributed by atoms with Gasteiger partial charge in [0, 0.05) is 18.0 Å². The first-order valence-electron chi connectivity index (χ1n) is 7.57. The third-order valence-corrected chi connectivity index (χ3v) is 3.73. The lowest BCUT2D eigenvalue weighted by Crippen LogP contribution is -2.30. The van der Waals surface area contributed by atoms with Gasteiger partial charge >= 0.3 is 0 Å². The Hall–Kier alpha value is -1.91. The topological polar surface area (TPSA) is 29.5 Å². The van der Waals surface area contributed by atoms with Crippen LogP contribution in [-0.2, 0) is 6.42 Å². The van der Waals surface area contributed by atoms with E-state index in [1.54, 1.807) is 49.6 Å². The predicted octanol–water partition coefficient (Wildman–Crippen LogP) is 3.86. The van der Waals surface area contributed by atoms with Crippen molar-refractivity contribution in [2.24, 2.45) is 5.92 Å². The smallest absolute Gasteiger partial charge is 0.167 e. The molecular formula is C19H23ClFNO2. The molecule has 0 N–H and O–H groups in total. The number of halogens is 2. The van der Waals surface area contributed by atoms with Gasteiger partial charge in [0.25, 0.3) is 0 Å². The molecule has 0 heterocycles. The van der Waals surface area contributed by atoms with Crippen LogP contribution >= 0.6 is 12.4 Å². The fourth-order valence-corrected chi connectivity index (χ4v) is 2.62. The molecule has 0 bridgehead atoms. The second kappa shape index (κ2) is 9.40. The Labute approximate surface area is 148 Å². The molecule has 0 aromatic heterocycles. The van der Waals surface area contributed by atoms with Crippen molar-refractivity contribution in [1.82, 2.24) is 4.90 Å². The fraction of sp³-hybridized carbons (Fsp3) is 0.316. The lowest BCUT2D eigenvalue weighted by Gasteiger charge is -2.20. The van der Waals surface area contributed by atoms with Gasteiger partial charge in [-0.3, -0.25) is 4.79 Å². The molecule has 2 aromatic carbocycles. The quantitative estimate of drug-likeness (QED) is 0.709. The van der Waals surface area contributed by atoms with E-state index in [9.17, 15) is 9.18 Å². The first-order valence-corrected chi connectivity index (χ1v) is 7.57. The van der Waals surface area contributed by atoms with Gasteiger partial charge in [0.2, 0.25) is 0 Å². The minimum Gasteiger partial charge on any atom is -0.497 e. The lowest BCUT2D eigenvalue weighted by atomic mass is 9.90. The van der Waals surface area contributed by atoms with Gasteiger partial charge in [0.05, 0.1) is 7.11 Å². The summed E-state index contributed by atoms with van der Waals surface area (Å²) in [7, 11) is 5.39. The maximum Gasteiger partial charge on any atom is 0.167 e. The van der Waals surface area contributed by atoms with Crippen LogP contribution in [0.25, 0.3) is 0 Å². The van der Waals surface area contributed by atoms with Gasteiger partial charge in [-0.25, -0.2) is 4.39 Å². The molecule has 0 fully saturated rings.